The van der Waals surface area contributed by atoms with Crippen LogP contribution >= 0.6 is 0 Å². The van der Waals surface area contributed by atoms with Crippen molar-refractivity contribution in [1.29, 1.82) is 0 Å². The maximum Gasteiger partial charge on any atom is 0.129 e. The fourth-order valence-corrected chi connectivity index (χ4v) is 2.63. The van der Waals surface area contributed by atoms with E-state index in [0.29, 0.717) is 5.75 Å². The largest absolute Gasteiger partial charge is 0.496 e. The fraction of sp³-hybridized carbons (Fsp3) is 0.294. The van der Waals surface area contributed by atoms with Crippen LogP contribution in [0.2, 0.25) is 0 Å². The summed E-state index contributed by atoms with van der Waals surface area (Å²) in [5.41, 5.74) is 8.98. The molecule has 2 nitrogen and oxygen atoms in total. The van der Waals surface area contributed by atoms with E-state index in [-0.39, 0.29) is 12.0 Å². The van der Waals surface area contributed by atoms with Gasteiger partial charge in [0.25, 0.3) is 0 Å². The molecular weight excluding hydrogens is 272 g/mol. The van der Waals surface area contributed by atoms with Crippen molar-refractivity contribution < 1.29 is 13.5 Å². The minimum atomic E-state index is -0.575. The quantitative estimate of drug-likeness (QED) is 0.929. The molecule has 0 aliphatic rings. The molecule has 0 aliphatic carbocycles. The Morgan fingerprint density at radius 2 is 1.76 bits per heavy atom. The molecule has 21 heavy (non-hydrogen) atoms. The zero-order valence-corrected chi connectivity index (χ0v) is 12.4. The molecule has 0 bridgehead atoms. The summed E-state index contributed by atoms with van der Waals surface area (Å²) in [6.07, 6.45) is 0.0821. The highest BCUT2D eigenvalue weighted by molar-refractivity contribution is 5.45. The Morgan fingerprint density at radius 3 is 2.33 bits per heavy atom. The topological polar surface area (TPSA) is 35.2 Å². The number of halogens is 2. The summed E-state index contributed by atoms with van der Waals surface area (Å²) in [5.74, 6) is -0.500. The van der Waals surface area contributed by atoms with E-state index >= 15 is 0 Å². The van der Waals surface area contributed by atoms with E-state index in [1.54, 1.807) is 7.11 Å². The molecule has 0 fully saturated rings. The molecule has 0 saturated carbocycles. The molecule has 0 aliphatic heterocycles. The Kier molecular flexibility index (Phi) is 4.58. The molecule has 0 radical (unpaired) electrons. The molecule has 1 unspecified atom stereocenters. The maximum absolute atomic E-state index is 13.7. The number of hydrogen-bond donors (Lipinski definition) is 1. The van der Waals surface area contributed by atoms with E-state index in [9.17, 15) is 8.78 Å². The Hall–Kier alpha value is -1.94. The van der Waals surface area contributed by atoms with Crippen LogP contribution in [0.15, 0.2) is 30.3 Å². The molecule has 4 heteroatoms. The maximum atomic E-state index is 13.7. The van der Waals surface area contributed by atoms with Crippen LogP contribution in [-0.4, -0.2) is 7.11 Å². The van der Waals surface area contributed by atoms with Gasteiger partial charge in [-0.2, -0.15) is 0 Å². The summed E-state index contributed by atoms with van der Waals surface area (Å²) in [6.45, 7) is 3.88. The van der Waals surface area contributed by atoms with Gasteiger partial charge in [0, 0.05) is 17.2 Å². The Bertz CT molecular complexity index is 635. The van der Waals surface area contributed by atoms with Gasteiger partial charge in [0.15, 0.2) is 0 Å². The summed E-state index contributed by atoms with van der Waals surface area (Å²) in [4.78, 5) is 0. The van der Waals surface area contributed by atoms with Crippen LogP contribution in [0.25, 0.3) is 0 Å². The van der Waals surface area contributed by atoms with Crippen LogP contribution in [0.3, 0.4) is 0 Å². The van der Waals surface area contributed by atoms with Crippen molar-refractivity contribution in [2.45, 2.75) is 26.3 Å². The number of hydrogen-bond acceptors (Lipinski definition) is 2. The lowest BCUT2D eigenvalue weighted by Gasteiger charge is -2.19. The van der Waals surface area contributed by atoms with E-state index in [0.717, 1.165) is 16.7 Å². The van der Waals surface area contributed by atoms with Gasteiger partial charge in [-0.05, 0) is 49.6 Å². The Labute approximate surface area is 123 Å². The van der Waals surface area contributed by atoms with Gasteiger partial charge >= 0.3 is 0 Å². The molecule has 0 amide bonds. The highest BCUT2D eigenvalue weighted by atomic mass is 19.1. The van der Waals surface area contributed by atoms with Gasteiger partial charge in [-0.1, -0.05) is 12.1 Å². The molecule has 2 aromatic carbocycles. The average Bonchev–Trinajstić information content (AvgIpc) is 2.41. The van der Waals surface area contributed by atoms with Crippen molar-refractivity contribution in [2.75, 3.05) is 7.11 Å². The summed E-state index contributed by atoms with van der Waals surface area (Å²) < 4.78 is 32.9. The lowest BCUT2D eigenvalue weighted by Crippen LogP contribution is -2.17. The van der Waals surface area contributed by atoms with E-state index in [1.807, 2.05) is 26.0 Å². The number of methoxy groups -OCH3 is 1. The van der Waals surface area contributed by atoms with Gasteiger partial charge in [0.05, 0.1) is 7.11 Å². The predicted octanol–water partition coefficient (Wildman–Crippen LogP) is 3.83. The first kappa shape index (κ1) is 15.4. The van der Waals surface area contributed by atoms with Crippen molar-refractivity contribution in [3.05, 3.63) is 64.2 Å². The molecule has 2 N–H and O–H groups in total. The lowest BCUT2D eigenvalue weighted by molar-refractivity contribution is 0.403. The van der Waals surface area contributed by atoms with Crippen molar-refractivity contribution >= 4 is 0 Å². The molecular formula is C17H19F2NO. The molecule has 1 atom stereocenters. The van der Waals surface area contributed by atoms with Gasteiger partial charge < -0.3 is 10.5 Å². The third-order valence-corrected chi connectivity index (χ3v) is 3.57. The first-order valence-corrected chi connectivity index (χ1v) is 6.77. The summed E-state index contributed by atoms with van der Waals surface area (Å²) in [6, 6.07) is 7.15. The van der Waals surface area contributed by atoms with Crippen LogP contribution in [-0.2, 0) is 6.42 Å². The van der Waals surface area contributed by atoms with Gasteiger partial charge in [-0.15, -0.1) is 0 Å². The summed E-state index contributed by atoms with van der Waals surface area (Å²) >= 11 is 0. The second-order valence-electron chi connectivity index (χ2n) is 5.21. The van der Waals surface area contributed by atoms with E-state index in [1.165, 1.54) is 18.2 Å². The summed E-state index contributed by atoms with van der Waals surface area (Å²) in [7, 11) is 1.56. The van der Waals surface area contributed by atoms with Crippen molar-refractivity contribution in [3.63, 3.8) is 0 Å². The zero-order valence-electron chi connectivity index (χ0n) is 12.4. The fourth-order valence-electron chi connectivity index (χ4n) is 2.63. The van der Waals surface area contributed by atoms with Crippen LogP contribution < -0.4 is 10.5 Å². The second kappa shape index (κ2) is 6.22. The van der Waals surface area contributed by atoms with Gasteiger partial charge in [-0.3, -0.25) is 0 Å². The Morgan fingerprint density at radius 1 is 1.14 bits per heavy atom. The smallest absolute Gasteiger partial charge is 0.129 e. The molecule has 2 aromatic rings. The number of aryl methyl sites for hydroxylation is 2. The molecule has 0 saturated heterocycles. The van der Waals surface area contributed by atoms with E-state index in [2.05, 4.69) is 0 Å². The lowest BCUT2D eigenvalue weighted by atomic mass is 9.93. The molecule has 0 spiro atoms. The van der Waals surface area contributed by atoms with Crippen molar-refractivity contribution in [2.24, 2.45) is 5.73 Å². The monoisotopic (exact) mass is 291 g/mol. The zero-order chi connectivity index (χ0) is 15.6. The van der Waals surface area contributed by atoms with E-state index < -0.39 is 17.7 Å². The third kappa shape index (κ3) is 3.22. The normalized spacial score (nSPS) is 12.3. The van der Waals surface area contributed by atoms with Crippen LogP contribution in [0, 0.1) is 25.5 Å². The number of nitrogens with two attached hydrogens (primary N) is 1. The SMILES string of the molecule is COc1cc(C)cc(C)c1C(N)Cc1c(F)cccc1F. The first-order valence-electron chi connectivity index (χ1n) is 6.77. The van der Waals surface area contributed by atoms with Gasteiger partial charge in [-0.25, -0.2) is 8.78 Å². The van der Waals surface area contributed by atoms with Crippen LogP contribution in [0.5, 0.6) is 5.75 Å². The van der Waals surface area contributed by atoms with Gasteiger partial charge in [0.1, 0.15) is 17.4 Å². The number of rotatable bonds is 4. The van der Waals surface area contributed by atoms with E-state index in [4.69, 9.17) is 10.5 Å². The van der Waals surface area contributed by atoms with Crippen molar-refractivity contribution in [3.8, 4) is 5.75 Å². The molecule has 112 valence electrons. The summed E-state index contributed by atoms with van der Waals surface area (Å²) in [5, 5.41) is 0. The third-order valence-electron chi connectivity index (χ3n) is 3.57. The Balaban J connectivity index is 2.39. The predicted molar refractivity (Wildman–Crippen MR) is 79.5 cm³/mol. The standard InChI is InChI=1S/C17H19F2NO/c1-10-7-11(2)17(16(8-10)21-3)15(20)9-12-13(18)5-4-6-14(12)19/h4-8,15H,9,20H2,1-3H3. The first-order chi connectivity index (χ1) is 9.93. The minimum Gasteiger partial charge on any atom is -0.496 e. The number of ether oxygens (including phenoxy) is 1. The highest BCUT2D eigenvalue weighted by Crippen LogP contribution is 2.31. The average molecular weight is 291 g/mol. The second-order valence-corrected chi connectivity index (χ2v) is 5.21. The van der Waals surface area contributed by atoms with Crippen LogP contribution in [0.1, 0.15) is 28.3 Å². The molecule has 0 aromatic heterocycles. The minimum absolute atomic E-state index is 0.00651. The molecule has 0 heterocycles. The van der Waals surface area contributed by atoms with Gasteiger partial charge in [0.2, 0.25) is 0 Å². The highest BCUT2D eigenvalue weighted by Gasteiger charge is 2.19. The van der Waals surface area contributed by atoms with Crippen LogP contribution in [0.4, 0.5) is 8.78 Å². The number of benzene rings is 2. The molecule has 2 rings (SSSR count). The van der Waals surface area contributed by atoms with Crippen molar-refractivity contribution in [1.82, 2.24) is 0 Å².